The second kappa shape index (κ2) is 8.98. The molecule has 32 heavy (non-hydrogen) atoms. The summed E-state index contributed by atoms with van der Waals surface area (Å²) < 4.78 is 27.7. The molecule has 3 rings (SSSR count). The fourth-order valence-corrected chi connectivity index (χ4v) is 4.58. The van der Waals surface area contributed by atoms with Crippen molar-refractivity contribution in [2.75, 3.05) is 6.26 Å². The third kappa shape index (κ3) is 4.44. The van der Waals surface area contributed by atoms with Crippen LogP contribution in [0, 0.1) is 25.2 Å². The maximum atomic E-state index is 13.3. The van der Waals surface area contributed by atoms with Crippen LogP contribution < -0.4 is 10.3 Å². The van der Waals surface area contributed by atoms with Gasteiger partial charge in [-0.3, -0.25) is 14.2 Å². The zero-order chi connectivity index (χ0) is 23.6. The molecule has 1 aromatic heterocycles. The van der Waals surface area contributed by atoms with Crippen LogP contribution in [0.1, 0.15) is 23.6 Å². The van der Waals surface area contributed by atoms with E-state index < -0.39 is 21.5 Å². The summed E-state index contributed by atoms with van der Waals surface area (Å²) in [5.74, 6) is -0.430. The number of hydrogen-bond donors (Lipinski definition) is 1. The maximum absolute atomic E-state index is 13.3. The maximum Gasteiger partial charge on any atom is 0.277 e. The second-order valence-corrected chi connectivity index (χ2v) is 9.50. The molecule has 0 atom stereocenters. The van der Waals surface area contributed by atoms with Crippen molar-refractivity contribution in [1.29, 1.82) is 5.26 Å². The number of hydrogen-bond acceptors (Lipinski definition) is 7. The molecule has 0 fully saturated rings. The van der Waals surface area contributed by atoms with Crippen LogP contribution >= 0.6 is 11.8 Å². The Morgan fingerprint density at radius 1 is 1.12 bits per heavy atom. The molecule has 0 aliphatic carbocycles. The van der Waals surface area contributed by atoms with Crippen molar-refractivity contribution >= 4 is 27.7 Å². The molecule has 8 nitrogen and oxygen atoms in total. The number of carbonyl (C=O) groups is 1. The predicted octanol–water partition coefficient (Wildman–Crippen LogP) is 2.93. The average molecular weight is 469 g/mol. The Kier molecular flexibility index (Phi) is 6.52. The summed E-state index contributed by atoms with van der Waals surface area (Å²) in [6.07, 6.45) is 1.72. The molecule has 0 bridgehead atoms. The molecule has 1 amide bonds. The highest BCUT2D eigenvalue weighted by Crippen LogP contribution is 2.26. The van der Waals surface area contributed by atoms with E-state index in [0.29, 0.717) is 11.3 Å². The molecule has 1 heterocycles. The first-order valence-electron chi connectivity index (χ1n) is 9.41. The number of carbonyl (C=O) groups excluding carboxylic acids is 1. The van der Waals surface area contributed by atoms with Crippen LogP contribution in [0.5, 0.6) is 0 Å². The van der Waals surface area contributed by atoms with E-state index >= 15 is 0 Å². The monoisotopic (exact) mass is 468 g/mol. The fourth-order valence-electron chi connectivity index (χ4n) is 3.07. The van der Waals surface area contributed by atoms with Crippen molar-refractivity contribution in [1.82, 2.24) is 14.3 Å². The van der Waals surface area contributed by atoms with E-state index in [2.05, 4.69) is 4.98 Å². The summed E-state index contributed by atoms with van der Waals surface area (Å²) in [5.41, 5.74) is 2.45. The van der Waals surface area contributed by atoms with Crippen LogP contribution in [0.4, 0.5) is 0 Å². The molecule has 3 aromatic rings. The van der Waals surface area contributed by atoms with Gasteiger partial charge in [-0.15, -0.1) is 11.8 Å². The molecule has 0 radical (unpaired) electrons. The van der Waals surface area contributed by atoms with Crippen molar-refractivity contribution in [2.45, 2.75) is 30.7 Å². The number of thioether (sulfide) groups is 1. The topological polar surface area (TPSA) is 122 Å². The fraction of sp³-hybridized carbons (Fsp3) is 0.182. The lowest BCUT2D eigenvalue weighted by atomic mass is 10.1. The van der Waals surface area contributed by atoms with Crippen LogP contribution in [-0.4, -0.2) is 30.1 Å². The van der Waals surface area contributed by atoms with Gasteiger partial charge < -0.3 is 0 Å². The highest BCUT2D eigenvalue weighted by Gasteiger charge is 2.20. The van der Waals surface area contributed by atoms with Gasteiger partial charge in [-0.05, 0) is 67.6 Å². The van der Waals surface area contributed by atoms with E-state index in [4.69, 9.17) is 0 Å². The Balaban J connectivity index is 2.27. The van der Waals surface area contributed by atoms with Crippen LogP contribution in [-0.2, 0) is 14.8 Å². The second-order valence-electron chi connectivity index (χ2n) is 7.03. The molecule has 0 unspecified atom stereocenters. The first-order chi connectivity index (χ1) is 15.1. The third-order valence-electron chi connectivity index (χ3n) is 4.80. The van der Waals surface area contributed by atoms with Gasteiger partial charge in [0.2, 0.25) is 5.91 Å². The molecule has 2 aromatic carbocycles. The molecule has 10 heteroatoms. The summed E-state index contributed by atoms with van der Waals surface area (Å²) in [7, 11) is -4.00. The number of nitrogens with zero attached hydrogens (tertiary/aromatic N) is 3. The van der Waals surface area contributed by atoms with Gasteiger partial charge in [0.05, 0.1) is 10.6 Å². The highest BCUT2D eigenvalue weighted by molar-refractivity contribution is 7.98. The zero-order valence-electron chi connectivity index (χ0n) is 17.8. The van der Waals surface area contributed by atoms with Gasteiger partial charge >= 0.3 is 0 Å². The van der Waals surface area contributed by atoms with Gasteiger partial charge in [0.25, 0.3) is 15.6 Å². The van der Waals surface area contributed by atoms with Crippen LogP contribution in [0.25, 0.3) is 17.1 Å². The van der Waals surface area contributed by atoms with Crippen LogP contribution in [0.15, 0.2) is 57.2 Å². The minimum Gasteiger partial charge on any atom is -0.274 e. The molecular formula is C22H20N4O4S2. The quantitative estimate of drug-likeness (QED) is 0.451. The number of nitrogens with one attached hydrogen (secondary N) is 1. The number of nitriles is 1. The first kappa shape index (κ1) is 23.2. The van der Waals surface area contributed by atoms with Gasteiger partial charge in [0.1, 0.15) is 22.5 Å². The summed E-state index contributed by atoms with van der Waals surface area (Å²) in [4.78, 5) is 28.9. The highest BCUT2D eigenvalue weighted by atomic mass is 32.2. The molecule has 164 valence electrons. The SMILES string of the molecule is CSc1nc(-c2ccc(S(=O)(=O)NC(C)=O)cc2)n(-c2ccc(C)c(C)c2)c(=O)c1C#N. The van der Waals surface area contributed by atoms with E-state index in [1.165, 1.54) is 40.6 Å². The number of amides is 1. The number of aryl methyl sites for hydroxylation is 2. The lowest BCUT2D eigenvalue weighted by molar-refractivity contribution is -0.117. The Morgan fingerprint density at radius 2 is 1.78 bits per heavy atom. The smallest absolute Gasteiger partial charge is 0.274 e. The van der Waals surface area contributed by atoms with Gasteiger partial charge in [-0.2, -0.15) is 5.26 Å². The number of aromatic nitrogens is 2. The Hall–Kier alpha value is -3.42. The molecule has 0 aliphatic heterocycles. The lowest BCUT2D eigenvalue weighted by Gasteiger charge is -2.16. The lowest BCUT2D eigenvalue weighted by Crippen LogP contribution is -2.28. The van der Waals surface area contributed by atoms with Crippen molar-refractivity contribution in [3.63, 3.8) is 0 Å². The number of rotatable bonds is 5. The van der Waals surface area contributed by atoms with E-state index in [1.807, 2.05) is 36.8 Å². The molecule has 1 N–H and O–H groups in total. The minimum absolute atomic E-state index is 0.0654. The average Bonchev–Trinajstić information content (AvgIpc) is 2.74. The predicted molar refractivity (Wildman–Crippen MR) is 122 cm³/mol. The summed E-state index contributed by atoms with van der Waals surface area (Å²) in [6.45, 7) is 4.98. The summed E-state index contributed by atoms with van der Waals surface area (Å²) in [6, 6.07) is 13.1. The van der Waals surface area contributed by atoms with Crippen LogP contribution in [0.2, 0.25) is 0 Å². The third-order valence-corrected chi connectivity index (χ3v) is 6.94. The van der Waals surface area contributed by atoms with Gasteiger partial charge in [-0.1, -0.05) is 6.07 Å². The van der Waals surface area contributed by atoms with Crippen molar-refractivity contribution in [2.24, 2.45) is 0 Å². The zero-order valence-corrected chi connectivity index (χ0v) is 19.5. The van der Waals surface area contributed by atoms with E-state index in [0.717, 1.165) is 18.1 Å². The largest absolute Gasteiger partial charge is 0.277 e. The van der Waals surface area contributed by atoms with E-state index in [-0.39, 0.29) is 21.3 Å². The van der Waals surface area contributed by atoms with Gasteiger partial charge in [-0.25, -0.2) is 18.1 Å². The van der Waals surface area contributed by atoms with Crippen molar-refractivity contribution < 1.29 is 13.2 Å². The van der Waals surface area contributed by atoms with Gasteiger partial charge in [0.15, 0.2) is 0 Å². The molecule has 0 spiro atoms. The summed E-state index contributed by atoms with van der Waals surface area (Å²) >= 11 is 1.18. The molecular weight excluding hydrogens is 448 g/mol. The van der Waals surface area contributed by atoms with E-state index in [9.17, 15) is 23.3 Å². The summed E-state index contributed by atoms with van der Waals surface area (Å²) in [5, 5.41) is 9.82. The standard InChI is InChI=1S/C22H20N4O4S2/c1-13-5-8-17(11-14(13)2)26-20(24-21(31-4)19(12-23)22(26)28)16-6-9-18(10-7-16)32(29,30)25-15(3)27/h5-11H,1-4H3,(H,25,27). The molecule has 0 saturated carbocycles. The Morgan fingerprint density at radius 3 is 2.31 bits per heavy atom. The first-order valence-corrected chi connectivity index (χ1v) is 12.1. The molecule has 0 aliphatic rings. The Labute approximate surface area is 190 Å². The van der Waals surface area contributed by atoms with Crippen LogP contribution in [0.3, 0.4) is 0 Å². The normalized spacial score (nSPS) is 11.1. The van der Waals surface area contributed by atoms with Crippen molar-refractivity contribution in [3.8, 4) is 23.1 Å². The molecule has 0 saturated heterocycles. The number of sulfonamides is 1. The van der Waals surface area contributed by atoms with E-state index in [1.54, 1.807) is 12.3 Å². The number of benzene rings is 2. The Bertz CT molecular complexity index is 1420. The minimum atomic E-state index is -4.00. The van der Waals surface area contributed by atoms with Gasteiger partial charge in [0, 0.05) is 12.5 Å². The van der Waals surface area contributed by atoms with Crippen molar-refractivity contribution in [3.05, 3.63) is 69.5 Å².